The number of morpholine rings is 1. The molecule has 2 aliphatic rings. The summed E-state index contributed by atoms with van der Waals surface area (Å²) >= 11 is 0. The minimum atomic E-state index is -0.183. The molecule has 2 fully saturated rings. The van der Waals surface area contributed by atoms with E-state index in [1.165, 1.54) is 0 Å². The smallest absolute Gasteiger partial charge is 0.304 e. The van der Waals surface area contributed by atoms with Gasteiger partial charge in [-0.3, -0.25) is 9.20 Å². The Kier molecular flexibility index (Phi) is 5.61. The maximum absolute atomic E-state index is 12.3. The van der Waals surface area contributed by atoms with Crippen molar-refractivity contribution in [2.75, 3.05) is 31.2 Å². The summed E-state index contributed by atoms with van der Waals surface area (Å²) < 4.78 is 13.6. The van der Waals surface area contributed by atoms with E-state index in [1.807, 2.05) is 16.7 Å². The standard InChI is InChI=1S/C21H25N7O3/c29-20(17-2-1-7-23-26-17)24-15-3-5-16(6-4-15)31-21-25-19(27-10-12-30-13-11-27)14-18-22-8-9-28(18)21/h1-2,7-9,14-16H,3-6,10-13H2,(H,24,29)/t15-,16+. The van der Waals surface area contributed by atoms with Crippen molar-refractivity contribution in [3.63, 3.8) is 0 Å². The number of fused-ring (bicyclic) bond motifs is 1. The summed E-state index contributed by atoms with van der Waals surface area (Å²) in [6.45, 7) is 3.00. The van der Waals surface area contributed by atoms with Crippen molar-refractivity contribution in [3.8, 4) is 6.01 Å². The summed E-state index contributed by atoms with van der Waals surface area (Å²) in [7, 11) is 0. The van der Waals surface area contributed by atoms with Crippen LogP contribution in [-0.4, -0.2) is 68.9 Å². The zero-order valence-electron chi connectivity index (χ0n) is 17.2. The maximum Gasteiger partial charge on any atom is 0.304 e. The van der Waals surface area contributed by atoms with Gasteiger partial charge >= 0.3 is 6.01 Å². The summed E-state index contributed by atoms with van der Waals surface area (Å²) in [5, 5.41) is 10.7. The van der Waals surface area contributed by atoms with Crippen LogP contribution in [0.5, 0.6) is 6.01 Å². The number of amides is 1. The number of carbonyl (C=O) groups excluding carboxylic acids is 1. The van der Waals surface area contributed by atoms with Crippen molar-refractivity contribution in [1.82, 2.24) is 29.9 Å². The topological polar surface area (TPSA) is 107 Å². The maximum atomic E-state index is 12.3. The molecular formula is C21H25N7O3. The van der Waals surface area contributed by atoms with Crippen LogP contribution in [0.4, 0.5) is 5.82 Å². The molecule has 10 nitrogen and oxygen atoms in total. The van der Waals surface area contributed by atoms with Crippen LogP contribution in [0.3, 0.4) is 0 Å². The minimum absolute atomic E-state index is 0.0442. The first-order valence-corrected chi connectivity index (χ1v) is 10.7. The van der Waals surface area contributed by atoms with E-state index in [2.05, 4.69) is 25.4 Å². The molecule has 4 heterocycles. The first-order chi connectivity index (χ1) is 15.3. The Morgan fingerprint density at radius 1 is 1.16 bits per heavy atom. The number of imidazole rings is 1. The zero-order valence-corrected chi connectivity index (χ0v) is 17.2. The van der Waals surface area contributed by atoms with E-state index in [1.54, 1.807) is 24.5 Å². The summed E-state index contributed by atoms with van der Waals surface area (Å²) in [4.78, 5) is 23.7. The molecule has 0 atom stereocenters. The van der Waals surface area contributed by atoms with Gasteiger partial charge < -0.3 is 19.7 Å². The summed E-state index contributed by atoms with van der Waals surface area (Å²) in [6.07, 6.45) is 8.58. The van der Waals surface area contributed by atoms with Gasteiger partial charge in [0.25, 0.3) is 5.91 Å². The van der Waals surface area contributed by atoms with Crippen LogP contribution in [0.15, 0.2) is 36.8 Å². The molecule has 3 aromatic heterocycles. The molecule has 1 N–H and O–H groups in total. The molecule has 1 saturated heterocycles. The second-order valence-corrected chi connectivity index (χ2v) is 7.83. The van der Waals surface area contributed by atoms with Crippen LogP contribution in [0, 0.1) is 0 Å². The van der Waals surface area contributed by atoms with E-state index in [4.69, 9.17) is 14.5 Å². The normalized spacial score (nSPS) is 21.7. The number of rotatable bonds is 5. The Morgan fingerprint density at radius 3 is 2.77 bits per heavy atom. The Balaban J connectivity index is 1.23. The molecule has 10 heteroatoms. The molecule has 0 aromatic carbocycles. The molecular weight excluding hydrogens is 398 g/mol. The predicted molar refractivity (Wildman–Crippen MR) is 112 cm³/mol. The van der Waals surface area contributed by atoms with Crippen molar-refractivity contribution < 1.29 is 14.3 Å². The van der Waals surface area contributed by atoms with Gasteiger partial charge in [0.1, 0.15) is 17.6 Å². The Morgan fingerprint density at radius 2 is 2.00 bits per heavy atom. The average Bonchev–Trinajstić information content (AvgIpc) is 3.31. The van der Waals surface area contributed by atoms with E-state index in [-0.39, 0.29) is 18.1 Å². The molecule has 1 amide bonds. The molecule has 0 radical (unpaired) electrons. The van der Waals surface area contributed by atoms with Gasteiger partial charge in [0, 0.05) is 43.8 Å². The van der Waals surface area contributed by atoms with Gasteiger partial charge in [-0.25, -0.2) is 4.98 Å². The Hall–Kier alpha value is -3.27. The highest BCUT2D eigenvalue weighted by Gasteiger charge is 2.26. The van der Waals surface area contributed by atoms with Crippen molar-refractivity contribution in [2.45, 2.75) is 37.8 Å². The van der Waals surface area contributed by atoms with Gasteiger partial charge in [-0.2, -0.15) is 10.1 Å². The fourth-order valence-electron chi connectivity index (χ4n) is 4.08. The van der Waals surface area contributed by atoms with Gasteiger partial charge in [-0.05, 0) is 37.8 Å². The fraction of sp³-hybridized carbons (Fsp3) is 0.476. The van der Waals surface area contributed by atoms with Gasteiger partial charge in [-0.15, -0.1) is 5.10 Å². The Bertz CT molecular complexity index is 1030. The SMILES string of the molecule is O=C(N[C@H]1CC[C@@H](Oc2nc(N3CCOCC3)cc3nccn23)CC1)c1cccnn1. The van der Waals surface area contributed by atoms with Crippen molar-refractivity contribution in [3.05, 3.63) is 42.5 Å². The number of nitrogens with one attached hydrogen (secondary N) is 1. The van der Waals surface area contributed by atoms with Crippen LogP contribution in [-0.2, 0) is 4.74 Å². The summed E-state index contributed by atoms with van der Waals surface area (Å²) in [5.74, 6) is 0.680. The van der Waals surface area contributed by atoms with E-state index in [0.717, 1.165) is 50.2 Å². The highest BCUT2D eigenvalue weighted by Crippen LogP contribution is 2.26. The molecule has 162 valence electrons. The monoisotopic (exact) mass is 423 g/mol. The highest BCUT2D eigenvalue weighted by molar-refractivity contribution is 5.92. The largest absolute Gasteiger partial charge is 0.461 e. The third-order valence-corrected chi connectivity index (χ3v) is 5.77. The number of hydrogen-bond acceptors (Lipinski definition) is 8. The van der Waals surface area contributed by atoms with E-state index < -0.39 is 0 Å². The summed E-state index contributed by atoms with van der Waals surface area (Å²) in [5.41, 5.74) is 1.16. The van der Waals surface area contributed by atoms with Crippen molar-refractivity contribution in [1.29, 1.82) is 0 Å². The molecule has 0 unspecified atom stereocenters. The van der Waals surface area contributed by atoms with E-state index in [9.17, 15) is 4.79 Å². The van der Waals surface area contributed by atoms with Crippen LogP contribution >= 0.6 is 0 Å². The van der Waals surface area contributed by atoms with Crippen LogP contribution < -0.4 is 15.0 Å². The molecule has 31 heavy (non-hydrogen) atoms. The second-order valence-electron chi connectivity index (χ2n) is 7.83. The first kappa shape index (κ1) is 19.7. The number of ether oxygens (including phenoxy) is 2. The van der Waals surface area contributed by atoms with Gasteiger partial charge in [-0.1, -0.05) is 0 Å². The van der Waals surface area contributed by atoms with Crippen LogP contribution in [0.25, 0.3) is 5.65 Å². The van der Waals surface area contributed by atoms with Crippen molar-refractivity contribution in [2.24, 2.45) is 0 Å². The lowest BCUT2D eigenvalue weighted by atomic mass is 9.93. The van der Waals surface area contributed by atoms with Crippen LogP contribution in [0.2, 0.25) is 0 Å². The molecule has 1 aliphatic carbocycles. The van der Waals surface area contributed by atoms with Gasteiger partial charge in [0.15, 0.2) is 5.69 Å². The molecule has 5 rings (SSSR count). The second kappa shape index (κ2) is 8.84. The number of anilines is 1. The number of hydrogen-bond donors (Lipinski definition) is 1. The van der Waals surface area contributed by atoms with E-state index >= 15 is 0 Å². The third kappa shape index (κ3) is 4.43. The predicted octanol–water partition coefficient (Wildman–Crippen LogP) is 1.48. The number of carbonyl (C=O) groups is 1. The highest BCUT2D eigenvalue weighted by atomic mass is 16.5. The molecule has 1 aliphatic heterocycles. The van der Waals surface area contributed by atoms with Gasteiger partial charge in [0.2, 0.25) is 0 Å². The van der Waals surface area contributed by atoms with Crippen LogP contribution in [0.1, 0.15) is 36.2 Å². The lowest BCUT2D eigenvalue weighted by Crippen LogP contribution is -2.40. The first-order valence-electron chi connectivity index (χ1n) is 10.7. The number of nitrogens with zero attached hydrogens (tertiary/aromatic N) is 6. The lowest BCUT2D eigenvalue weighted by molar-refractivity contribution is 0.0878. The molecule has 3 aromatic rings. The molecule has 0 spiro atoms. The quantitative estimate of drug-likeness (QED) is 0.658. The average molecular weight is 423 g/mol. The van der Waals surface area contributed by atoms with Gasteiger partial charge in [0.05, 0.1) is 13.2 Å². The fourth-order valence-corrected chi connectivity index (χ4v) is 4.08. The Labute approximate surface area is 179 Å². The van der Waals surface area contributed by atoms with E-state index in [0.29, 0.717) is 24.9 Å². The number of aromatic nitrogens is 5. The molecule has 1 saturated carbocycles. The van der Waals surface area contributed by atoms with Crippen molar-refractivity contribution >= 4 is 17.4 Å². The minimum Gasteiger partial charge on any atom is -0.461 e. The molecule has 0 bridgehead atoms. The zero-order chi connectivity index (χ0) is 21.0. The lowest BCUT2D eigenvalue weighted by Gasteiger charge is -2.30. The summed E-state index contributed by atoms with van der Waals surface area (Å²) in [6, 6.07) is 6.03. The third-order valence-electron chi connectivity index (χ3n) is 5.77.